The fourth-order valence-corrected chi connectivity index (χ4v) is 9.25. The largest absolute Gasteiger partial charge is 0.224 e. The first-order valence-corrected chi connectivity index (χ1v) is 15.4. The summed E-state index contributed by atoms with van der Waals surface area (Å²) in [5.74, 6) is 0. The lowest BCUT2D eigenvalue weighted by atomic mass is 10.3. The Labute approximate surface area is 192 Å². The van der Waals surface area contributed by atoms with Crippen molar-refractivity contribution in [3.8, 4) is 0 Å². The van der Waals surface area contributed by atoms with Gasteiger partial charge in [-0.15, -0.1) is 45.8 Å². The maximum atomic E-state index is 11.1. The van der Waals surface area contributed by atoms with Crippen LogP contribution in [0.3, 0.4) is 0 Å². The molecule has 156 valence electrons. The third-order valence-electron chi connectivity index (χ3n) is 3.59. The van der Waals surface area contributed by atoms with Gasteiger partial charge in [0.1, 0.15) is 0 Å². The Hall–Kier alpha value is 0.690. The van der Waals surface area contributed by atoms with Gasteiger partial charge in [-0.1, -0.05) is 27.7 Å². The summed E-state index contributed by atoms with van der Waals surface area (Å²) in [5.41, 5.74) is 1.40. The van der Waals surface area contributed by atoms with E-state index in [1.807, 2.05) is 41.4 Å². The Morgan fingerprint density at radius 3 is 1.43 bits per heavy atom. The molecule has 28 heavy (non-hydrogen) atoms. The predicted molar refractivity (Wildman–Crippen MR) is 145 cm³/mol. The van der Waals surface area contributed by atoms with Gasteiger partial charge in [0.2, 0.25) is 0 Å². The van der Waals surface area contributed by atoms with Crippen LogP contribution in [-0.2, 0) is 9.84 Å². The van der Waals surface area contributed by atoms with E-state index < -0.39 is 9.84 Å². The van der Waals surface area contributed by atoms with Gasteiger partial charge in [-0.25, -0.2) is 8.42 Å². The van der Waals surface area contributed by atoms with E-state index in [1.54, 1.807) is 6.07 Å². The molecule has 0 aromatic carbocycles. The number of hydrogen-bond donors (Lipinski definition) is 0. The Kier molecular flexibility index (Phi) is 11.4. The Morgan fingerprint density at radius 2 is 1.25 bits per heavy atom. The zero-order valence-electron chi connectivity index (χ0n) is 16.8. The number of thioether (sulfide) groups is 1. The van der Waals surface area contributed by atoms with Gasteiger partial charge in [0, 0.05) is 39.6 Å². The molecule has 0 amide bonds. The SMILES string of the molecule is CSc1cc(P)sc1C.Cc1cc(P)sc1C.Cc1sc(P)cc1S(C)(=O)=O. The predicted octanol–water partition coefficient (Wildman–Crippen LogP) is 5.10. The number of rotatable bonds is 2. The first-order valence-electron chi connectivity index (χ1n) is 8.13. The lowest BCUT2D eigenvalue weighted by Gasteiger charge is -1.92. The summed E-state index contributed by atoms with van der Waals surface area (Å²) < 4.78 is 25.8. The van der Waals surface area contributed by atoms with E-state index in [9.17, 15) is 8.42 Å². The van der Waals surface area contributed by atoms with E-state index in [2.05, 4.69) is 66.9 Å². The van der Waals surface area contributed by atoms with Crippen LogP contribution < -0.4 is 13.9 Å². The minimum absolute atomic E-state index is 0.451. The van der Waals surface area contributed by atoms with E-state index >= 15 is 0 Å². The molecule has 0 fully saturated rings. The van der Waals surface area contributed by atoms with Crippen LogP contribution in [0.1, 0.15) is 20.2 Å². The van der Waals surface area contributed by atoms with Crippen LogP contribution in [0.5, 0.6) is 0 Å². The van der Waals surface area contributed by atoms with Crippen LogP contribution in [-0.4, -0.2) is 20.9 Å². The van der Waals surface area contributed by atoms with Crippen LogP contribution in [0.4, 0.5) is 0 Å². The fraction of sp³-hybridized carbons (Fsp3) is 0.333. The molecule has 0 aliphatic carbocycles. The van der Waals surface area contributed by atoms with Crippen molar-refractivity contribution in [2.45, 2.75) is 37.5 Å². The minimum Gasteiger partial charge on any atom is -0.224 e. The molecule has 0 saturated heterocycles. The first kappa shape index (κ1) is 26.7. The van der Waals surface area contributed by atoms with Crippen molar-refractivity contribution in [3.63, 3.8) is 0 Å². The van der Waals surface area contributed by atoms with Gasteiger partial charge >= 0.3 is 0 Å². The van der Waals surface area contributed by atoms with Gasteiger partial charge < -0.3 is 0 Å². The molecule has 3 atom stereocenters. The number of thiophene rings is 3. The molecule has 0 N–H and O–H groups in total. The Bertz CT molecular complexity index is 997. The third-order valence-corrected chi connectivity index (χ3v) is 10.2. The molecular weight excluding hydrogens is 501 g/mol. The molecule has 2 nitrogen and oxygen atoms in total. The minimum atomic E-state index is -3.02. The second-order valence-electron chi connectivity index (χ2n) is 6.00. The third kappa shape index (κ3) is 8.82. The van der Waals surface area contributed by atoms with Crippen molar-refractivity contribution < 1.29 is 8.42 Å². The summed E-state index contributed by atoms with van der Waals surface area (Å²) in [6.45, 7) is 8.26. The van der Waals surface area contributed by atoms with Crippen LogP contribution in [0.25, 0.3) is 0 Å². The summed E-state index contributed by atoms with van der Waals surface area (Å²) in [6, 6.07) is 6.07. The molecule has 3 aromatic rings. The van der Waals surface area contributed by atoms with Crippen molar-refractivity contribution in [3.05, 3.63) is 38.4 Å². The van der Waals surface area contributed by atoms with E-state index in [0.717, 1.165) is 9.50 Å². The van der Waals surface area contributed by atoms with Crippen molar-refractivity contribution >= 4 is 97.2 Å². The van der Waals surface area contributed by atoms with Crippen molar-refractivity contribution in [1.29, 1.82) is 0 Å². The van der Waals surface area contributed by atoms with E-state index in [4.69, 9.17) is 0 Å². The first-order chi connectivity index (χ1) is 12.8. The average Bonchev–Trinajstić information content (AvgIpc) is 3.17. The summed E-state index contributed by atoms with van der Waals surface area (Å²) in [6.07, 6.45) is 3.34. The maximum Gasteiger partial charge on any atom is 0.176 e. The maximum absolute atomic E-state index is 11.1. The topological polar surface area (TPSA) is 34.1 Å². The summed E-state index contributed by atoms with van der Waals surface area (Å²) in [4.78, 5) is 5.57. The highest BCUT2D eigenvalue weighted by molar-refractivity contribution is 7.98. The summed E-state index contributed by atoms with van der Waals surface area (Å²) >= 11 is 6.96. The number of hydrogen-bond acceptors (Lipinski definition) is 6. The second kappa shape index (κ2) is 11.9. The highest BCUT2D eigenvalue weighted by atomic mass is 32.2. The van der Waals surface area contributed by atoms with Gasteiger partial charge in [-0.05, 0) is 57.7 Å². The molecule has 3 heterocycles. The summed E-state index contributed by atoms with van der Waals surface area (Å²) in [7, 11) is 4.90. The lowest BCUT2D eigenvalue weighted by molar-refractivity contribution is 0.602. The van der Waals surface area contributed by atoms with Gasteiger partial charge in [0.05, 0.1) is 4.90 Å². The molecule has 0 aliphatic heterocycles. The van der Waals surface area contributed by atoms with E-state index in [-0.39, 0.29) is 0 Å². The normalized spacial score (nSPS) is 10.8. The van der Waals surface area contributed by atoms with Gasteiger partial charge in [-0.2, -0.15) is 0 Å². The molecule has 3 aromatic heterocycles. The number of sulfone groups is 1. The van der Waals surface area contributed by atoms with Crippen LogP contribution >= 0.6 is 73.5 Å². The van der Waals surface area contributed by atoms with E-state index in [0.29, 0.717) is 4.90 Å². The molecule has 3 rings (SSSR count). The van der Waals surface area contributed by atoms with Gasteiger partial charge in [0.25, 0.3) is 0 Å². The quantitative estimate of drug-likeness (QED) is 0.343. The highest BCUT2D eigenvalue weighted by Crippen LogP contribution is 2.24. The Morgan fingerprint density at radius 1 is 0.786 bits per heavy atom. The highest BCUT2D eigenvalue weighted by Gasteiger charge is 2.12. The molecule has 0 aliphatic rings. The molecular formula is C18H27O2P3S5. The van der Waals surface area contributed by atoms with E-state index in [1.165, 1.54) is 47.0 Å². The fourth-order valence-electron chi connectivity index (χ4n) is 2.15. The van der Waals surface area contributed by atoms with Crippen LogP contribution in [0.15, 0.2) is 28.0 Å². The molecule has 3 unspecified atom stereocenters. The molecule has 0 bridgehead atoms. The molecule has 0 radical (unpaired) electrons. The van der Waals surface area contributed by atoms with Crippen molar-refractivity contribution in [2.24, 2.45) is 0 Å². The van der Waals surface area contributed by atoms with Gasteiger partial charge in [-0.3, -0.25) is 0 Å². The zero-order valence-corrected chi connectivity index (χ0v) is 24.4. The zero-order chi connectivity index (χ0) is 21.6. The lowest BCUT2D eigenvalue weighted by Crippen LogP contribution is -1.96. The van der Waals surface area contributed by atoms with Crippen molar-refractivity contribution in [2.75, 3.05) is 12.5 Å². The monoisotopic (exact) mass is 528 g/mol. The van der Waals surface area contributed by atoms with Gasteiger partial charge in [0.15, 0.2) is 9.84 Å². The number of aryl methyl sites for hydroxylation is 4. The second-order valence-corrected chi connectivity index (χ2v) is 15.8. The van der Waals surface area contributed by atoms with Crippen LogP contribution in [0.2, 0.25) is 0 Å². The standard InChI is InChI=1S/C6H9O2PS2.C6H9PS2.C6H9PS/c1-4-5(11(2,7)8)3-6(9)10-4;1-4-5(8-2)3-6(7)9-4;1-4-3-6(7)8-5(4)2/h3H,9H2,1-2H3;3H,7H2,1-2H3;3H,7H2,1-2H3. The molecule has 0 saturated carbocycles. The van der Waals surface area contributed by atoms with Crippen molar-refractivity contribution in [1.82, 2.24) is 0 Å². The average molecular weight is 529 g/mol. The molecule has 10 heteroatoms. The molecule has 0 spiro atoms. The summed E-state index contributed by atoms with van der Waals surface area (Å²) in [5, 5.41) is 0. The smallest absolute Gasteiger partial charge is 0.176 e. The Balaban J connectivity index is 0.000000213. The van der Waals surface area contributed by atoms with Crippen LogP contribution in [0, 0.1) is 27.7 Å².